The molecule has 0 aliphatic heterocycles. The number of rotatable bonds is 1. The van der Waals surface area contributed by atoms with Crippen LogP contribution in [0.2, 0.25) is 0 Å². The van der Waals surface area contributed by atoms with E-state index in [0.29, 0.717) is 0 Å². The van der Waals surface area contributed by atoms with E-state index >= 15 is 0 Å². The average molecular weight is 211 g/mol. The van der Waals surface area contributed by atoms with Crippen molar-refractivity contribution in [1.82, 2.24) is 14.9 Å². The zero-order valence-electron chi connectivity index (χ0n) is 8.93. The minimum atomic E-state index is 0.768. The normalized spacial score (nSPS) is 9.71. The van der Waals surface area contributed by atoms with Crippen molar-refractivity contribution in [2.75, 3.05) is 28.2 Å². The molecular formula is C9H15N4S+. The van der Waals surface area contributed by atoms with E-state index in [1.165, 1.54) is 0 Å². The van der Waals surface area contributed by atoms with Crippen molar-refractivity contribution in [1.29, 1.82) is 0 Å². The summed E-state index contributed by atoms with van der Waals surface area (Å²) in [5.74, 6) is 0. The zero-order valence-corrected chi connectivity index (χ0v) is 9.75. The van der Waals surface area contributed by atoms with Gasteiger partial charge in [0, 0.05) is 24.2 Å². The fourth-order valence-electron chi connectivity index (χ4n) is 1.00. The maximum absolute atomic E-state index is 4.16. The molecule has 1 heterocycles. The first-order valence-electron chi connectivity index (χ1n) is 4.27. The lowest BCUT2D eigenvalue weighted by Crippen LogP contribution is -2.26. The van der Waals surface area contributed by atoms with E-state index in [-0.39, 0.29) is 0 Å². The standard InChI is InChI=1S/C9H15N4S/c1-12(2)9(13(3)4)14-8-10-6-5-7-11-8/h5-7H,1-4H3/q+1. The van der Waals surface area contributed by atoms with Gasteiger partial charge in [-0.05, 0) is 6.07 Å². The Morgan fingerprint density at radius 2 is 1.86 bits per heavy atom. The molecule has 0 fully saturated rings. The fourth-order valence-corrected chi connectivity index (χ4v) is 1.76. The molecule has 0 radical (unpaired) electrons. The molecule has 1 aromatic heterocycles. The number of thioether (sulfide) groups is 1. The highest BCUT2D eigenvalue weighted by molar-refractivity contribution is 8.13. The average Bonchev–Trinajstić information content (AvgIpc) is 2.15. The highest BCUT2D eigenvalue weighted by Gasteiger charge is 2.14. The van der Waals surface area contributed by atoms with Gasteiger partial charge in [0.2, 0.25) is 0 Å². The van der Waals surface area contributed by atoms with Gasteiger partial charge in [0.05, 0.1) is 28.2 Å². The number of nitrogens with zero attached hydrogens (tertiary/aromatic N) is 4. The summed E-state index contributed by atoms with van der Waals surface area (Å²) in [6, 6.07) is 1.81. The Hall–Kier alpha value is -1.10. The maximum Gasteiger partial charge on any atom is 0.315 e. The first-order valence-corrected chi connectivity index (χ1v) is 5.09. The Balaban J connectivity index is 2.82. The van der Waals surface area contributed by atoms with E-state index in [0.717, 1.165) is 10.3 Å². The van der Waals surface area contributed by atoms with Crippen molar-refractivity contribution in [3.63, 3.8) is 0 Å². The first-order chi connectivity index (χ1) is 6.61. The molecule has 5 heteroatoms. The Kier molecular flexibility index (Phi) is 3.88. The van der Waals surface area contributed by atoms with Gasteiger partial charge in [0.25, 0.3) is 0 Å². The van der Waals surface area contributed by atoms with Gasteiger partial charge in [-0.1, -0.05) is 0 Å². The molecule has 0 aliphatic carbocycles. The molecule has 0 saturated carbocycles. The number of aromatic nitrogens is 2. The summed E-state index contributed by atoms with van der Waals surface area (Å²) >= 11 is 1.55. The van der Waals surface area contributed by atoms with Gasteiger partial charge in [0.15, 0.2) is 5.16 Å². The van der Waals surface area contributed by atoms with Crippen molar-refractivity contribution in [3.05, 3.63) is 18.5 Å². The third-order valence-corrected chi connectivity index (χ3v) is 2.80. The summed E-state index contributed by atoms with van der Waals surface area (Å²) in [5.41, 5.74) is 0. The highest BCUT2D eigenvalue weighted by Crippen LogP contribution is 2.13. The lowest BCUT2D eigenvalue weighted by molar-refractivity contribution is -0.466. The molecule has 0 N–H and O–H groups in total. The molecule has 0 spiro atoms. The van der Waals surface area contributed by atoms with Crippen molar-refractivity contribution < 1.29 is 4.58 Å². The monoisotopic (exact) mass is 211 g/mol. The minimum Gasteiger partial charge on any atom is -0.261 e. The smallest absolute Gasteiger partial charge is 0.261 e. The topological polar surface area (TPSA) is 32.0 Å². The van der Waals surface area contributed by atoms with Gasteiger partial charge in [-0.3, -0.25) is 9.48 Å². The van der Waals surface area contributed by atoms with Gasteiger partial charge in [-0.15, -0.1) is 0 Å². The van der Waals surface area contributed by atoms with Crippen LogP contribution in [0.25, 0.3) is 0 Å². The van der Waals surface area contributed by atoms with E-state index in [1.807, 2.05) is 43.7 Å². The minimum absolute atomic E-state index is 0.768. The molecule has 1 aromatic rings. The molecule has 0 atom stereocenters. The Morgan fingerprint density at radius 3 is 2.29 bits per heavy atom. The molecule has 14 heavy (non-hydrogen) atoms. The van der Waals surface area contributed by atoms with Crippen LogP contribution in [0.1, 0.15) is 0 Å². The second-order valence-corrected chi connectivity index (χ2v) is 4.14. The van der Waals surface area contributed by atoms with E-state index in [4.69, 9.17) is 0 Å². The lowest BCUT2D eigenvalue weighted by Gasteiger charge is -2.08. The summed E-state index contributed by atoms with van der Waals surface area (Å²) in [7, 11) is 8.02. The predicted octanol–water partition coefficient (Wildman–Crippen LogP) is 0.758. The molecule has 0 saturated heterocycles. The Bertz CT molecular complexity index is 317. The van der Waals surface area contributed by atoms with Crippen molar-refractivity contribution in [2.24, 2.45) is 0 Å². The summed E-state index contributed by atoms with van der Waals surface area (Å²) in [6.07, 6.45) is 3.50. The van der Waals surface area contributed by atoms with Gasteiger partial charge in [-0.25, -0.2) is 9.97 Å². The second-order valence-electron chi connectivity index (χ2n) is 3.20. The van der Waals surface area contributed by atoms with Crippen LogP contribution in [0, 0.1) is 0 Å². The van der Waals surface area contributed by atoms with Crippen molar-refractivity contribution >= 4 is 16.9 Å². The van der Waals surface area contributed by atoms with Gasteiger partial charge in [0.1, 0.15) is 0 Å². The third-order valence-electron chi connectivity index (χ3n) is 1.49. The maximum atomic E-state index is 4.16. The first kappa shape index (κ1) is 11.0. The summed E-state index contributed by atoms with van der Waals surface area (Å²) < 4.78 is 2.04. The zero-order chi connectivity index (χ0) is 10.6. The van der Waals surface area contributed by atoms with Gasteiger partial charge < -0.3 is 0 Å². The van der Waals surface area contributed by atoms with Crippen LogP contribution in [0.15, 0.2) is 23.6 Å². The molecule has 0 amide bonds. The van der Waals surface area contributed by atoms with Crippen LogP contribution in [0.3, 0.4) is 0 Å². The van der Waals surface area contributed by atoms with Crippen LogP contribution < -0.4 is 0 Å². The van der Waals surface area contributed by atoms with Crippen molar-refractivity contribution in [3.8, 4) is 0 Å². The quantitative estimate of drug-likeness (QED) is 0.226. The van der Waals surface area contributed by atoms with E-state index in [2.05, 4.69) is 9.97 Å². The molecule has 0 aromatic carbocycles. The molecule has 0 aliphatic rings. The van der Waals surface area contributed by atoms with Crippen LogP contribution >= 0.6 is 11.8 Å². The van der Waals surface area contributed by atoms with E-state index in [9.17, 15) is 0 Å². The van der Waals surface area contributed by atoms with Crippen molar-refractivity contribution in [2.45, 2.75) is 5.16 Å². The third kappa shape index (κ3) is 2.99. The largest absolute Gasteiger partial charge is 0.315 e. The SMILES string of the molecule is CN(C)C(Sc1ncccn1)=[N+](C)C. The van der Waals surface area contributed by atoms with E-state index < -0.39 is 0 Å². The number of hydrogen-bond acceptors (Lipinski definition) is 3. The molecule has 1 rings (SSSR count). The molecule has 0 bridgehead atoms. The molecular weight excluding hydrogens is 196 g/mol. The molecule has 0 unspecified atom stereocenters. The van der Waals surface area contributed by atoms with Gasteiger partial charge in [-0.2, -0.15) is 0 Å². The Morgan fingerprint density at radius 1 is 1.29 bits per heavy atom. The Labute approximate surface area is 88.7 Å². The molecule has 4 nitrogen and oxygen atoms in total. The van der Waals surface area contributed by atoms with Gasteiger partial charge >= 0.3 is 5.17 Å². The van der Waals surface area contributed by atoms with E-state index in [1.54, 1.807) is 24.2 Å². The summed E-state index contributed by atoms with van der Waals surface area (Å²) in [6.45, 7) is 0. The lowest BCUT2D eigenvalue weighted by atomic mass is 10.7. The van der Waals surface area contributed by atoms with Crippen LogP contribution in [0.5, 0.6) is 0 Å². The number of hydrogen-bond donors (Lipinski definition) is 0. The van der Waals surface area contributed by atoms with Crippen LogP contribution in [-0.4, -0.2) is 52.8 Å². The fraction of sp³-hybridized carbons (Fsp3) is 0.444. The summed E-state index contributed by atoms with van der Waals surface area (Å²) in [5, 5.41) is 1.88. The molecule has 76 valence electrons. The number of amidine groups is 1. The predicted molar refractivity (Wildman–Crippen MR) is 58.7 cm³/mol. The van der Waals surface area contributed by atoms with Crippen LogP contribution in [-0.2, 0) is 0 Å². The van der Waals surface area contributed by atoms with Crippen LogP contribution in [0.4, 0.5) is 0 Å². The summed E-state index contributed by atoms with van der Waals surface area (Å²) in [4.78, 5) is 10.4. The highest BCUT2D eigenvalue weighted by atomic mass is 32.2. The second kappa shape index (κ2) is 4.95.